The Hall–Kier alpha value is -1.16. The van der Waals surface area contributed by atoms with E-state index in [1.807, 2.05) is 36.0 Å². The van der Waals surface area contributed by atoms with Crippen LogP contribution in [0.2, 0.25) is 0 Å². The average Bonchev–Trinajstić information content (AvgIpc) is 2.80. The number of hydrogen-bond donors (Lipinski definition) is 1. The molecule has 0 radical (unpaired) electrons. The van der Waals surface area contributed by atoms with Gasteiger partial charge in [-0.1, -0.05) is 18.6 Å². The fraction of sp³-hybridized carbons (Fsp3) is 0.533. The predicted molar refractivity (Wildman–Crippen MR) is 76.0 cm³/mol. The summed E-state index contributed by atoms with van der Waals surface area (Å²) in [5.41, 5.74) is 0.235. The molecule has 1 saturated carbocycles. The first-order valence-corrected chi connectivity index (χ1v) is 7.94. The Bertz CT molecular complexity index is 476. The second kappa shape index (κ2) is 5.08. The SMILES string of the molecule is O=C(O)C1(c2cccc(OC3CCSC3)c2)CCC1. The van der Waals surface area contributed by atoms with Crippen molar-refractivity contribution in [1.82, 2.24) is 0 Å². The normalized spacial score (nSPS) is 24.7. The minimum absolute atomic E-state index is 0.280. The predicted octanol–water partition coefficient (Wildman–Crippen LogP) is 3.08. The van der Waals surface area contributed by atoms with Gasteiger partial charge in [0.15, 0.2) is 0 Å². The molecule has 1 aliphatic carbocycles. The van der Waals surface area contributed by atoms with E-state index in [4.69, 9.17) is 4.74 Å². The lowest BCUT2D eigenvalue weighted by atomic mass is 9.64. The Kier molecular flexibility index (Phi) is 3.44. The first kappa shape index (κ1) is 12.9. The van der Waals surface area contributed by atoms with Gasteiger partial charge in [-0.2, -0.15) is 11.8 Å². The molecule has 1 aromatic carbocycles. The minimum Gasteiger partial charge on any atom is -0.490 e. The molecule has 1 aromatic rings. The van der Waals surface area contributed by atoms with Crippen molar-refractivity contribution in [3.8, 4) is 5.75 Å². The van der Waals surface area contributed by atoms with Gasteiger partial charge in [0.25, 0.3) is 0 Å². The molecule has 0 bridgehead atoms. The van der Waals surface area contributed by atoms with E-state index >= 15 is 0 Å². The van der Waals surface area contributed by atoms with Crippen LogP contribution < -0.4 is 4.74 Å². The Morgan fingerprint density at radius 3 is 2.84 bits per heavy atom. The Morgan fingerprint density at radius 2 is 2.26 bits per heavy atom. The number of rotatable bonds is 4. The number of thioether (sulfide) groups is 1. The summed E-state index contributed by atoms with van der Waals surface area (Å²) in [5, 5.41) is 9.47. The maximum atomic E-state index is 11.5. The van der Waals surface area contributed by atoms with Crippen molar-refractivity contribution in [2.75, 3.05) is 11.5 Å². The van der Waals surface area contributed by atoms with Crippen molar-refractivity contribution in [2.45, 2.75) is 37.2 Å². The number of carboxylic acids is 1. The monoisotopic (exact) mass is 278 g/mol. The molecule has 1 saturated heterocycles. The summed E-state index contributed by atoms with van der Waals surface area (Å²) in [7, 11) is 0. The molecule has 4 heteroatoms. The van der Waals surface area contributed by atoms with Crippen LogP contribution in [0.25, 0.3) is 0 Å². The molecule has 1 N–H and O–H groups in total. The van der Waals surface area contributed by atoms with Crippen molar-refractivity contribution >= 4 is 17.7 Å². The lowest BCUT2D eigenvalue weighted by molar-refractivity contribution is -0.147. The van der Waals surface area contributed by atoms with Crippen LogP contribution in [0.5, 0.6) is 5.75 Å². The van der Waals surface area contributed by atoms with Crippen LogP contribution in [0.4, 0.5) is 0 Å². The van der Waals surface area contributed by atoms with E-state index in [2.05, 4.69) is 0 Å². The Labute approximate surface area is 117 Å². The quantitative estimate of drug-likeness (QED) is 0.919. The second-order valence-electron chi connectivity index (χ2n) is 5.37. The first-order valence-electron chi connectivity index (χ1n) is 6.79. The third-order valence-electron chi connectivity index (χ3n) is 4.19. The largest absolute Gasteiger partial charge is 0.490 e. The molecule has 102 valence electrons. The smallest absolute Gasteiger partial charge is 0.314 e. The molecule has 1 aliphatic heterocycles. The van der Waals surface area contributed by atoms with E-state index < -0.39 is 11.4 Å². The lowest BCUT2D eigenvalue weighted by Gasteiger charge is -2.38. The summed E-state index contributed by atoms with van der Waals surface area (Å²) in [6, 6.07) is 7.69. The topological polar surface area (TPSA) is 46.5 Å². The summed E-state index contributed by atoms with van der Waals surface area (Å²) in [5.74, 6) is 2.31. The van der Waals surface area contributed by atoms with Gasteiger partial charge >= 0.3 is 5.97 Å². The molecule has 3 nitrogen and oxygen atoms in total. The molecule has 19 heavy (non-hydrogen) atoms. The van der Waals surface area contributed by atoms with Gasteiger partial charge in [0.1, 0.15) is 11.9 Å². The van der Waals surface area contributed by atoms with Crippen molar-refractivity contribution in [1.29, 1.82) is 0 Å². The zero-order chi connectivity index (χ0) is 13.3. The van der Waals surface area contributed by atoms with Crippen molar-refractivity contribution in [3.63, 3.8) is 0 Å². The lowest BCUT2D eigenvalue weighted by Crippen LogP contribution is -2.42. The summed E-state index contributed by atoms with van der Waals surface area (Å²) >= 11 is 1.91. The van der Waals surface area contributed by atoms with Crippen LogP contribution in [0.3, 0.4) is 0 Å². The van der Waals surface area contributed by atoms with Crippen LogP contribution in [-0.2, 0) is 10.2 Å². The van der Waals surface area contributed by atoms with Crippen LogP contribution in [-0.4, -0.2) is 28.7 Å². The van der Waals surface area contributed by atoms with E-state index in [0.717, 1.165) is 48.5 Å². The highest BCUT2D eigenvalue weighted by Gasteiger charge is 2.46. The van der Waals surface area contributed by atoms with Crippen molar-refractivity contribution in [3.05, 3.63) is 29.8 Å². The highest BCUT2D eigenvalue weighted by molar-refractivity contribution is 7.99. The van der Waals surface area contributed by atoms with Crippen LogP contribution in [0, 0.1) is 0 Å². The summed E-state index contributed by atoms with van der Waals surface area (Å²) in [6.45, 7) is 0. The average molecular weight is 278 g/mol. The number of carbonyl (C=O) groups is 1. The molecule has 0 spiro atoms. The van der Waals surface area contributed by atoms with Gasteiger partial charge in [-0.3, -0.25) is 4.79 Å². The summed E-state index contributed by atoms with van der Waals surface area (Å²) in [4.78, 5) is 11.5. The number of carboxylic acid groups (broad SMARTS) is 1. The molecular weight excluding hydrogens is 260 g/mol. The summed E-state index contributed by atoms with van der Waals surface area (Å²) in [6.07, 6.45) is 3.84. The highest BCUT2D eigenvalue weighted by Crippen LogP contribution is 2.44. The molecule has 2 fully saturated rings. The van der Waals surface area contributed by atoms with Gasteiger partial charge in [0, 0.05) is 5.75 Å². The van der Waals surface area contributed by atoms with Crippen LogP contribution in [0.1, 0.15) is 31.2 Å². The fourth-order valence-corrected chi connectivity index (χ4v) is 3.92. The molecule has 1 atom stereocenters. The maximum absolute atomic E-state index is 11.5. The molecule has 1 unspecified atom stereocenters. The second-order valence-corrected chi connectivity index (χ2v) is 6.52. The van der Waals surface area contributed by atoms with E-state index in [9.17, 15) is 9.90 Å². The van der Waals surface area contributed by atoms with E-state index in [1.54, 1.807) is 0 Å². The fourth-order valence-electron chi connectivity index (χ4n) is 2.82. The number of hydrogen-bond acceptors (Lipinski definition) is 3. The van der Waals surface area contributed by atoms with Gasteiger partial charge < -0.3 is 9.84 Å². The third-order valence-corrected chi connectivity index (χ3v) is 5.33. The van der Waals surface area contributed by atoms with Crippen molar-refractivity contribution in [2.24, 2.45) is 0 Å². The molecule has 3 rings (SSSR count). The molecule has 1 heterocycles. The molecule has 0 amide bonds. The van der Waals surface area contributed by atoms with E-state index in [0.29, 0.717) is 0 Å². The zero-order valence-electron chi connectivity index (χ0n) is 10.8. The van der Waals surface area contributed by atoms with Gasteiger partial charge in [-0.15, -0.1) is 0 Å². The minimum atomic E-state index is -0.702. The van der Waals surface area contributed by atoms with Crippen LogP contribution in [0.15, 0.2) is 24.3 Å². The Balaban J connectivity index is 1.81. The zero-order valence-corrected chi connectivity index (χ0v) is 11.6. The number of ether oxygens (including phenoxy) is 1. The van der Waals surface area contributed by atoms with Crippen LogP contribution >= 0.6 is 11.8 Å². The highest BCUT2D eigenvalue weighted by atomic mass is 32.2. The number of aliphatic carboxylic acids is 1. The van der Waals surface area contributed by atoms with Gasteiger partial charge in [-0.05, 0) is 42.7 Å². The molecule has 2 aliphatic rings. The molecule has 0 aromatic heterocycles. The van der Waals surface area contributed by atoms with Crippen molar-refractivity contribution < 1.29 is 14.6 Å². The number of benzene rings is 1. The Morgan fingerprint density at radius 1 is 1.42 bits per heavy atom. The summed E-state index contributed by atoms with van der Waals surface area (Å²) < 4.78 is 5.95. The van der Waals surface area contributed by atoms with Gasteiger partial charge in [0.05, 0.1) is 5.41 Å². The maximum Gasteiger partial charge on any atom is 0.314 e. The first-order chi connectivity index (χ1) is 9.21. The van der Waals surface area contributed by atoms with Gasteiger partial charge in [0.2, 0.25) is 0 Å². The van der Waals surface area contributed by atoms with E-state index in [-0.39, 0.29) is 6.10 Å². The van der Waals surface area contributed by atoms with E-state index in [1.165, 1.54) is 0 Å². The third kappa shape index (κ3) is 2.34. The molecular formula is C15H18O3S. The standard InChI is InChI=1S/C15H18O3S/c16-14(17)15(6-2-7-15)11-3-1-4-12(9-11)18-13-5-8-19-10-13/h1,3-4,9,13H,2,5-8,10H2,(H,16,17). The van der Waals surface area contributed by atoms with Gasteiger partial charge in [-0.25, -0.2) is 0 Å².